The molecule has 7 nitrogen and oxygen atoms in total. The summed E-state index contributed by atoms with van der Waals surface area (Å²) < 4.78 is 1.80. The number of nitrogens with zero attached hydrogens (tertiary/aromatic N) is 7. The van der Waals surface area contributed by atoms with Crippen molar-refractivity contribution in [1.29, 1.82) is 0 Å². The molecule has 0 atom stereocenters. The first-order valence-corrected chi connectivity index (χ1v) is 7.98. The molecule has 0 spiro atoms. The van der Waals surface area contributed by atoms with Gasteiger partial charge in [0.05, 0.1) is 17.6 Å². The Balaban J connectivity index is 1.64. The van der Waals surface area contributed by atoms with E-state index in [-0.39, 0.29) is 0 Å². The lowest BCUT2D eigenvalue weighted by Gasteiger charge is -2.32. The molecule has 3 aromatic rings. The fourth-order valence-electron chi connectivity index (χ4n) is 2.82. The highest BCUT2D eigenvalue weighted by atomic mass is 15.3. The number of piperazine rings is 1. The summed E-state index contributed by atoms with van der Waals surface area (Å²) in [6.45, 7) is 7.74. The van der Waals surface area contributed by atoms with Crippen LogP contribution in [0.4, 0.5) is 5.95 Å². The molecule has 7 heteroatoms. The highest BCUT2D eigenvalue weighted by Gasteiger charge is 2.17. The smallest absolute Gasteiger partial charge is 0.225 e. The van der Waals surface area contributed by atoms with Crippen LogP contribution in [0.5, 0.6) is 0 Å². The maximum absolute atomic E-state index is 4.54. The topological polar surface area (TPSA) is 62.5 Å². The predicted molar refractivity (Wildman–Crippen MR) is 93.8 cm³/mol. The Hall–Kier alpha value is -2.80. The lowest BCUT2D eigenvalue weighted by atomic mass is 10.2. The lowest BCUT2D eigenvalue weighted by Crippen LogP contribution is -2.45. The van der Waals surface area contributed by atoms with Crippen LogP contribution < -0.4 is 4.90 Å². The van der Waals surface area contributed by atoms with Crippen molar-refractivity contribution in [2.45, 2.75) is 0 Å². The van der Waals surface area contributed by atoms with Gasteiger partial charge >= 0.3 is 0 Å². The van der Waals surface area contributed by atoms with Gasteiger partial charge in [0.1, 0.15) is 0 Å². The van der Waals surface area contributed by atoms with Crippen LogP contribution in [0.3, 0.4) is 0 Å². The quantitative estimate of drug-likeness (QED) is 0.730. The molecular weight excluding hydrogens is 302 g/mol. The van der Waals surface area contributed by atoms with Crippen LogP contribution in [-0.2, 0) is 0 Å². The molecule has 0 aliphatic carbocycles. The molecule has 0 amide bonds. The zero-order valence-corrected chi connectivity index (χ0v) is 13.6. The molecule has 122 valence electrons. The highest BCUT2D eigenvalue weighted by Crippen LogP contribution is 2.20. The first kappa shape index (κ1) is 14.8. The van der Waals surface area contributed by atoms with Crippen LogP contribution in [-0.4, -0.2) is 62.7 Å². The molecular formula is C17H19N7. The largest absolute Gasteiger partial charge is 0.338 e. The van der Waals surface area contributed by atoms with E-state index in [1.54, 1.807) is 16.8 Å². The fourth-order valence-corrected chi connectivity index (χ4v) is 2.82. The van der Waals surface area contributed by atoms with Gasteiger partial charge in [-0.05, 0) is 25.3 Å². The summed E-state index contributed by atoms with van der Waals surface area (Å²) in [5, 5.41) is 4.52. The van der Waals surface area contributed by atoms with Gasteiger partial charge in [0, 0.05) is 44.1 Å². The average molecular weight is 321 g/mol. The molecule has 0 radical (unpaired) electrons. The van der Waals surface area contributed by atoms with Gasteiger partial charge in [-0.2, -0.15) is 5.10 Å². The third kappa shape index (κ3) is 2.63. The Morgan fingerprint density at radius 3 is 2.46 bits per heavy atom. The first-order chi connectivity index (χ1) is 11.7. The molecule has 24 heavy (non-hydrogen) atoms. The Bertz CT molecular complexity index is 860. The highest BCUT2D eigenvalue weighted by molar-refractivity contribution is 5.62. The third-order valence-electron chi connectivity index (χ3n) is 4.31. The van der Waals surface area contributed by atoms with Crippen molar-refractivity contribution in [3.63, 3.8) is 0 Å². The number of hydrogen-bond acceptors (Lipinski definition) is 6. The van der Waals surface area contributed by atoms with Crippen molar-refractivity contribution in [2.24, 2.45) is 0 Å². The summed E-state index contributed by atoms with van der Waals surface area (Å²) in [7, 11) is 2.14. The van der Waals surface area contributed by atoms with Gasteiger partial charge in [-0.25, -0.2) is 19.5 Å². The molecule has 1 saturated heterocycles. The van der Waals surface area contributed by atoms with E-state index < -0.39 is 0 Å². The summed E-state index contributed by atoms with van der Waals surface area (Å²) >= 11 is 0. The van der Waals surface area contributed by atoms with Gasteiger partial charge in [0.25, 0.3) is 0 Å². The number of imidazole rings is 1. The molecule has 1 fully saturated rings. The van der Waals surface area contributed by atoms with Gasteiger partial charge in [-0.3, -0.25) is 0 Å². The Morgan fingerprint density at radius 1 is 1.00 bits per heavy atom. The van der Waals surface area contributed by atoms with E-state index in [4.69, 9.17) is 0 Å². The minimum Gasteiger partial charge on any atom is -0.338 e. The van der Waals surface area contributed by atoms with E-state index in [0.29, 0.717) is 0 Å². The number of hydrogen-bond donors (Lipinski definition) is 0. The number of likely N-dealkylation sites (N-methyl/N-ethyl adjacent to an activating group) is 1. The van der Waals surface area contributed by atoms with E-state index in [1.165, 1.54) is 0 Å². The van der Waals surface area contributed by atoms with Gasteiger partial charge in [-0.1, -0.05) is 6.58 Å². The van der Waals surface area contributed by atoms with Crippen molar-refractivity contribution in [3.05, 3.63) is 43.0 Å². The van der Waals surface area contributed by atoms with E-state index >= 15 is 0 Å². The maximum Gasteiger partial charge on any atom is 0.225 e. The third-order valence-corrected chi connectivity index (χ3v) is 4.31. The normalized spacial score (nSPS) is 15.8. The van der Waals surface area contributed by atoms with E-state index in [9.17, 15) is 0 Å². The van der Waals surface area contributed by atoms with E-state index in [2.05, 4.69) is 43.5 Å². The number of fused-ring (bicyclic) bond motifs is 1. The van der Waals surface area contributed by atoms with Gasteiger partial charge < -0.3 is 9.80 Å². The molecule has 0 aromatic carbocycles. The summed E-state index contributed by atoms with van der Waals surface area (Å²) in [5.41, 5.74) is 3.36. The molecule has 4 heterocycles. The zero-order chi connectivity index (χ0) is 16.5. The van der Waals surface area contributed by atoms with Crippen LogP contribution in [0.1, 0.15) is 5.69 Å². The molecule has 1 aliphatic rings. The monoisotopic (exact) mass is 321 g/mol. The summed E-state index contributed by atoms with van der Waals surface area (Å²) in [6, 6.07) is 3.82. The predicted octanol–water partition coefficient (Wildman–Crippen LogP) is 1.58. The number of aromatic nitrogens is 5. The average Bonchev–Trinajstić information content (AvgIpc) is 3.05. The van der Waals surface area contributed by atoms with Crippen molar-refractivity contribution >= 4 is 17.7 Å². The van der Waals surface area contributed by atoms with Crippen LogP contribution in [0.2, 0.25) is 0 Å². The van der Waals surface area contributed by atoms with Gasteiger partial charge in [-0.15, -0.1) is 0 Å². The zero-order valence-electron chi connectivity index (χ0n) is 13.6. The molecule has 0 N–H and O–H groups in total. The van der Waals surface area contributed by atoms with Crippen LogP contribution in [0.15, 0.2) is 37.3 Å². The second kappa shape index (κ2) is 6.01. The van der Waals surface area contributed by atoms with Gasteiger partial charge in [0.2, 0.25) is 5.95 Å². The van der Waals surface area contributed by atoms with Crippen LogP contribution >= 0.6 is 0 Å². The first-order valence-electron chi connectivity index (χ1n) is 7.98. The Kier molecular flexibility index (Phi) is 3.70. The lowest BCUT2D eigenvalue weighted by molar-refractivity contribution is 0.311. The molecule has 0 bridgehead atoms. The Morgan fingerprint density at radius 2 is 1.75 bits per heavy atom. The van der Waals surface area contributed by atoms with E-state index in [1.807, 2.05) is 24.5 Å². The minimum absolute atomic E-state index is 0.778. The molecule has 4 rings (SSSR count). The molecule has 0 saturated carbocycles. The number of anilines is 1. The Labute approximate surface area is 140 Å². The van der Waals surface area contributed by atoms with Crippen LogP contribution in [0, 0.1) is 0 Å². The van der Waals surface area contributed by atoms with Gasteiger partial charge in [0.15, 0.2) is 5.65 Å². The summed E-state index contributed by atoms with van der Waals surface area (Å²) in [4.78, 5) is 18.0. The molecule has 1 aliphatic heterocycles. The molecule has 0 unspecified atom stereocenters. The van der Waals surface area contributed by atoms with Crippen molar-refractivity contribution in [1.82, 2.24) is 29.5 Å². The maximum atomic E-state index is 4.54. The van der Waals surface area contributed by atoms with Crippen molar-refractivity contribution in [3.8, 4) is 11.3 Å². The van der Waals surface area contributed by atoms with E-state index in [0.717, 1.165) is 54.7 Å². The summed E-state index contributed by atoms with van der Waals surface area (Å²) in [6.07, 6.45) is 7.19. The van der Waals surface area contributed by atoms with Crippen molar-refractivity contribution < 1.29 is 0 Å². The van der Waals surface area contributed by atoms with Crippen molar-refractivity contribution in [2.75, 3.05) is 38.1 Å². The molecule has 3 aromatic heterocycles. The standard InChI is InChI=1S/C17H19N7/c1-3-14-4-5-16-18-12-15(24(16)21-14)13-10-19-17(20-11-13)23-8-6-22(2)7-9-23/h3-5,10-12H,1,6-9H2,2H3. The SMILES string of the molecule is C=Cc1ccc2ncc(-c3cnc(N4CCN(C)CC4)nc3)n2n1. The van der Waals surface area contributed by atoms with Crippen LogP contribution in [0.25, 0.3) is 23.0 Å². The fraction of sp³-hybridized carbons (Fsp3) is 0.294. The minimum atomic E-state index is 0.778. The second-order valence-electron chi connectivity index (χ2n) is 5.94. The summed E-state index contributed by atoms with van der Waals surface area (Å²) in [5.74, 6) is 0.778. The second-order valence-corrected chi connectivity index (χ2v) is 5.94. The number of rotatable bonds is 3.